The number of hydrogen-bond acceptors (Lipinski definition) is 6. The Kier molecular flexibility index (Phi) is 4.37. The molecule has 0 saturated carbocycles. The van der Waals surface area contributed by atoms with Crippen LogP contribution in [-0.4, -0.2) is 29.4 Å². The minimum Gasteiger partial charge on any atom is -0.464 e. The maximum Gasteiger partial charge on any atom is 0.331 e. The van der Waals surface area contributed by atoms with Crippen molar-refractivity contribution >= 4 is 39.0 Å². The van der Waals surface area contributed by atoms with Crippen molar-refractivity contribution in [2.24, 2.45) is 5.73 Å². The number of aromatic nitrogens is 1. The van der Waals surface area contributed by atoms with E-state index in [-0.39, 0.29) is 11.6 Å². The summed E-state index contributed by atoms with van der Waals surface area (Å²) in [6.07, 6.45) is 0. The first-order valence-corrected chi connectivity index (χ1v) is 5.81. The number of carbonyl (C=O) groups excluding carboxylic acids is 2. The Bertz CT molecular complexity index is 380. The van der Waals surface area contributed by atoms with Gasteiger partial charge in [-0.2, -0.15) is 0 Å². The predicted molar refractivity (Wildman–Crippen MR) is 58.8 cm³/mol. The number of ketones is 1. The van der Waals surface area contributed by atoms with Crippen LogP contribution < -0.4 is 5.73 Å². The summed E-state index contributed by atoms with van der Waals surface area (Å²) in [5, 5.41) is 1.84. The summed E-state index contributed by atoms with van der Waals surface area (Å²) < 4.78 is 5.18. The van der Waals surface area contributed by atoms with Gasteiger partial charge in [0.2, 0.25) is 5.78 Å². The molecule has 15 heavy (non-hydrogen) atoms. The van der Waals surface area contributed by atoms with E-state index in [9.17, 15) is 9.59 Å². The quantitative estimate of drug-likeness (QED) is 0.508. The van der Waals surface area contributed by atoms with Crippen LogP contribution in [0, 0.1) is 0 Å². The van der Waals surface area contributed by atoms with Gasteiger partial charge in [-0.1, -0.05) is 0 Å². The third-order valence-electron chi connectivity index (χ3n) is 1.51. The van der Waals surface area contributed by atoms with E-state index in [1.165, 1.54) is 0 Å². The molecule has 82 valence electrons. The van der Waals surface area contributed by atoms with Crippen LogP contribution in [0.25, 0.3) is 0 Å². The SMILES string of the molecule is CCOC(=O)C(N)C(=O)c1nc(Br)cs1. The lowest BCUT2D eigenvalue weighted by atomic mass is 10.2. The molecular weight excluding hydrogens is 284 g/mol. The van der Waals surface area contributed by atoms with Crippen LogP contribution in [0.2, 0.25) is 0 Å². The molecule has 1 atom stereocenters. The van der Waals surface area contributed by atoms with E-state index in [2.05, 4.69) is 25.7 Å². The number of carbonyl (C=O) groups is 2. The fourth-order valence-corrected chi connectivity index (χ4v) is 2.07. The zero-order valence-electron chi connectivity index (χ0n) is 7.90. The summed E-state index contributed by atoms with van der Waals surface area (Å²) in [6.45, 7) is 1.84. The molecule has 0 amide bonds. The molecule has 0 saturated heterocycles. The largest absolute Gasteiger partial charge is 0.464 e. The molecule has 0 spiro atoms. The number of Topliss-reactive ketones (excluding diaryl/α,β-unsaturated/α-hetero) is 1. The molecule has 0 bridgehead atoms. The number of ether oxygens (including phenoxy) is 1. The third kappa shape index (κ3) is 3.08. The van der Waals surface area contributed by atoms with Gasteiger partial charge in [0.05, 0.1) is 6.61 Å². The van der Waals surface area contributed by atoms with Crippen LogP contribution >= 0.6 is 27.3 Å². The zero-order chi connectivity index (χ0) is 11.4. The van der Waals surface area contributed by atoms with Crippen LogP contribution in [0.4, 0.5) is 0 Å². The molecule has 0 aliphatic heterocycles. The highest BCUT2D eigenvalue weighted by Gasteiger charge is 2.26. The number of halogens is 1. The van der Waals surface area contributed by atoms with Gasteiger partial charge >= 0.3 is 5.97 Å². The molecule has 0 aromatic carbocycles. The summed E-state index contributed by atoms with van der Waals surface area (Å²) >= 11 is 4.23. The molecule has 7 heteroatoms. The van der Waals surface area contributed by atoms with Crippen molar-refractivity contribution in [1.82, 2.24) is 4.98 Å². The van der Waals surface area contributed by atoms with E-state index < -0.39 is 17.8 Å². The molecule has 1 heterocycles. The molecule has 2 N–H and O–H groups in total. The minimum atomic E-state index is -1.29. The van der Waals surface area contributed by atoms with E-state index >= 15 is 0 Å². The zero-order valence-corrected chi connectivity index (χ0v) is 10.3. The lowest BCUT2D eigenvalue weighted by molar-refractivity contribution is -0.143. The topological polar surface area (TPSA) is 82.3 Å². The van der Waals surface area contributed by atoms with Gasteiger partial charge in [-0.25, -0.2) is 9.78 Å². The van der Waals surface area contributed by atoms with Crippen molar-refractivity contribution in [3.63, 3.8) is 0 Å². The highest BCUT2D eigenvalue weighted by atomic mass is 79.9. The lowest BCUT2D eigenvalue weighted by Gasteiger charge is -2.06. The average Bonchev–Trinajstić information content (AvgIpc) is 2.63. The Morgan fingerprint density at radius 3 is 2.87 bits per heavy atom. The van der Waals surface area contributed by atoms with Gasteiger partial charge in [-0.15, -0.1) is 11.3 Å². The molecule has 0 aliphatic rings. The van der Waals surface area contributed by atoms with Crippen molar-refractivity contribution in [3.05, 3.63) is 15.0 Å². The van der Waals surface area contributed by atoms with Gasteiger partial charge in [0.1, 0.15) is 4.60 Å². The summed E-state index contributed by atoms with van der Waals surface area (Å²) in [5.41, 5.74) is 5.42. The van der Waals surface area contributed by atoms with Gasteiger partial charge in [-0.3, -0.25) is 4.79 Å². The second-order valence-electron chi connectivity index (χ2n) is 2.57. The van der Waals surface area contributed by atoms with Crippen LogP contribution in [-0.2, 0) is 9.53 Å². The Morgan fingerprint density at radius 2 is 2.40 bits per heavy atom. The third-order valence-corrected chi connectivity index (χ3v) is 3.08. The molecular formula is C8H9BrN2O3S. The Labute approximate surface area is 98.8 Å². The molecule has 5 nitrogen and oxygen atoms in total. The summed E-state index contributed by atoms with van der Waals surface area (Å²) in [5.74, 6) is -1.25. The Morgan fingerprint density at radius 1 is 1.73 bits per heavy atom. The average molecular weight is 293 g/mol. The van der Waals surface area contributed by atoms with Gasteiger partial charge < -0.3 is 10.5 Å². The predicted octanol–water partition coefficient (Wildman–Crippen LogP) is 0.979. The highest BCUT2D eigenvalue weighted by molar-refractivity contribution is 9.10. The Hall–Kier alpha value is -0.790. The smallest absolute Gasteiger partial charge is 0.331 e. The maximum absolute atomic E-state index is 11.6. The van der Waals surface area contributed by atoms with E-state index in [1.807, 2.05) is 0 Å². The van der Waals surface area contributed by atoms with Crippen LogP contribution in [0.3, 0.4) is 0 Å². The van der Waals surface area contributed by atoms with Crippen molar-refractivity contribution < 1.29 is 14.3 Å². The van der Waals surface area contributed by atoms with Crippen molar-refractivity contribution in [2.45, 2.75) is 13.0 Å². The molecule has 0 radical (unpaired) electrons. The van der Waals surface area contributed by atoms with Gasteiger partial charge in [0.15, 0.2) is 11.0 Å². The van der Waals surface area contributed by atoms with Crippen LogP contribution in [0.5, 0.6) is 0 Å². The number of hydrogen-bond donors (Lipinski definition) is 1. The monoisotopic (exact) mass is 292 g/mol. The fourth-order valence-electron chi connectivity index (χ4n) is 0.839. The van der Waals surface area contributed by atoms with Gasteiger partial charge in [-0.05, 0) is 22.9 Å². The Balaban J connectivity index is 2.72. The maximum atomic E-state index is 11.6. The first kappa shape index (κ1) is 12.3. The molecule has 0 aliphatic carbocycles. The molecule has 0 fully saturated rings. The van der Waals surface area contributed by atoms with E-state index in [0.717, 1.165) is 11.3 Å². The van der Waals surface area contributed by atoms with Crippen LogP contribution in [0.1, 0.15) is 16.7 Å². The summed E-state index contributed by atoms with van der Waals surface area (Å²) in [4.78, 5) is 26.6. The van der Waals surface area contributed by atoms with Crippen molar-refractivity contribution in [1.29, 1.82) is 0 Å². The number of rotatable bonds is 4. The number of thiazole rings is 1. The number of esters is 1. The van der Waals surface area contributed by atoms with Gasteiger partial charge in [0.25, 0.3) is 0 Å². The first-order chi connectivity index (χ1) is 7.06. The van der Waals surface area contributed by atoms with Crippen molar-refractivity contribution in [3.8, 4) is 0 Å². The minimum absolute atomic E-state index is 0.196. The second kappa shape index (κ2) is 5.34. The van der Waals surface area contributed by atoms with Gasteiger partial charge in [0, 0.05) is 5.38 Å². The van der Waals surface area contributed by atoms with Crippen LogP contribution in [0.15, 0.2) is 9.98 Å². The normalized spacial score (nSPS) is 12.2. The molecule has 1 rings (SSSR count). The number of nitrogens with two attached hydrogens (primary N) is 1. The first-order valence-electron chi connectivity index (χ1n) is 4.13. The summed E-state index contributed by atoms with van der Waals surface area (Å²) in [7, 11) is 0. The lowest BCUT2D eigenvalue weighted by Crippen LogP contribution is -2.40. The second-order valence-corrected chi connectivity index (χ2v) is 4.24. The molecule has 1 aromatic rings. The van der Waals surface area contributed by atoms with E-state index in [1.54, 1.807) is 12.3 Å². The molecule has 1 aromatic heterocycles. The van der Waals surface area contributed by atoms with Crippen molar-refractivity contribution in [2.75, 3.05) is 6.61 Å². The fraction of sp³-hybridized carbons (Fsp3) is 0.375. The van der Waals surface area contributed by atoms with E-state index in [0.29, 0.717) is 4.60 Å². The van der Waals surface area contributed by atoms with E-state index in [4.69, 9.17) is 5.73 Å². The molecule has 1 unspecified atom stereocenters. The summed E-state index contributed by atoms with van der Waals surface area (Å²) in [6, 6.07) is -1.29. The standard InChI is InChI=1S/C8H9BrN2O3S/c1-2-14-8(13)5(10)6(12)7-11-4(9)3-15-7/h3,5H,2,10H2,1H3. The number of nitrogens with zero attached hydrogens (tertiary/aromatic N) is 1. The highest BCUT2D eigenvalue weighted by Crippen LogP contribution is 2.16.